The minimum absolute atomic E-state index is 0.0900. The van der Waals surface area contributed by atoms with Crippen molar-refractivity contribution in [1.29, 1.82) is 0 Å². The van der Waals surface area contributed by atoms with Gasteiger partial charge in [-0.25, -0.2) is 19.9 Å². The predicted molar refractivity (Wildman–Crippen MR) is 103 cm³/mol. The molecule has 1 amide bonds. The van der Waals surface area contributed by atoms with Crippen LogP contribution in [0, 0.1) is 0 Å². The Labute approximate surface area is 162 Å². The summed E-state index contributed by atoms with van der Waals surface area (Å²) < 4.78 is 5.36. The van der Waals surface area contributed by atoms with E-state index in [1.54, 1.807) is 0 Å². The van der Waals surface area contributed by atoms with Crippen molar-refractivity contribution in [1.82, 2.24) is 25.3 Å². The highest BCUT2D eigenvalue weighted by molar-refractivity contribution is 5.99. The zero-order valence-electron chi connectivity index (χ0n) is 15.7. The Hall–Kier alpha value is -3.14. The van der Waals surface area contributed by atoms with Crippen molar-refractivity contribution in [3.63, 3.8) is 0 Å². The molecule has 0 atom stereocenters. The number of morpholine rings is 1. The fourth-order valence-electron chi connectivity index (χ4n) is 2.77. The molecule has 1 saturated heterocycles. The van der Waals surface area contributed by atoms with Crippen LogP contribution in [0.25, 0.3) is 11.3 Å². The normalized spacial score (nSPS) is 14.0. The first-order chi connectivity index (χ1) is 13.5. The molecule has 0 radical (unpaired) electrons. The van der Waals surface area contributed by atoms with Crippen LogP contribution in [-0.4, -0.2) is 64.5 Å². The van der Waals surface area contributed by atoms with Crippen molar-refractivity contribution in [3.8, 4) is 11.3 Å². The topological polar surface area (TPSA) is 136 Å². The standard InChI is InChI=1S/C18H23N7O3/c1-12(26)3-2-4-20-16(27)14-11-23-18(25-5-7-28-8-6-25)24-15(14)13-9-21-17(19)22-10-13/h9-11H,2-8H2,1H3,(H,20,27)(H2,19,21,22). The number of nitrogens with one attached hydrogen (secondary N) is 1. The molecule has 10 nitrogen and oxygen atoms in total. The third kappa shape index (κ3) is 4.97. The fourth-order valence-corrected chi connectivity index (χ4v) is 2.77. The Morgan fingerprint density at radius 3 is 2.57 bits per heavy atom. The lowest BCUT2D eigenvalue weighted by molar-refractivity contribution is -0.117. The highest BCUT2D eigenvalue weighted by atomic mass is 16.5. The zero-order chi connectivity index (χ0) is 19.9. The van der Waals surface area contributed by atoms with Gasteiger partial charge in [-0.3, -0.25) is 4.79 Å². The molecule has 0 saturated carbocycles. The Kier molecular flexibility index (Phi) is 6.43. The summed E-state index contributed by atoms with van der Waals surface area (Å²) in [5.74, 6) is 0.431. The quantitative estimate of drug-likeness (QED) is 0.651. The monoisotopic (exact) mass is 385 g/mol. The van der Waals surface area contributed by atoms with E-state index in [1.165, 1.54) is 25.5 Å². The predicted octanol–water partition coefficient (Wildman–Crippen LogP) is 0.451. The number of carbonyl (C=O) groups is 2. The number of hydrogen-bond donors (Lipinski definition) is 2. The Balaban J connectivity index is 1.86. The molecule has 1 aliphatic heterocycles. The van der Waals surface area contributed by atoms with Crippen molar-refractivity contribution in [2.24, 2.45) is 0 Å². The zero-order valence-corrected chi connectivity index (χ0v) is 15.7. The number of Topliss-reactive ketones (excluding diaryl/α,β-unsaturated/α-hetero) is 1. The number of hydrogen-bond acceptors (Lipinski definition) is 9. The Morgan fingerprint density at radius 2 is 1.89 bits per heavy atom. The lowest BCUT2D eigenvalue weighted by Gasteiger charge is -2.27. The number of nitrogens with two attached hydrogens (primary N) is 1. The molecule has 2 aromatic heterocycles. The smallest absolute Gasteiger partial charge is 0.255 e. The van der Waals surface area contributed by atoms with Gasteiger partial charge in [-0.15, -0.1) is 0 Å². The van der Waals surface area contributed by atoms with Crippen LogP contribution in [0.15, 0.2) is 18.6 Å². The molecule has 0 unspecified atom stereocenters. The van der Waals surface area contributed by atoms with Gasteiger partial charge in [-0.1, -0.05) is 0 Å². The highest BCUT2D eigenvalue weighted by Gasteiger charge is 2.20. The van der Waals surface area contributed by atoms with Gasteiger partial charge in [-0.05, 0) is 13.3 Å². The van der Waals surface area contributed by atoms with E-state index in [0.717, 1.165) is 0 Å². The Morgan fingerprint density at radius 1 is 1.18 bits per heavy atom. The number of nitrogens with zero attached hydrogens (tertiary/aromatic N) is 5. The maximum absolute atomic E-state index is 12.7. The number of anilines is 2. The maximum atomic E-state index is 12.7. The molecule has 1 aliphatic rings. The largest absolute Gasteiger partial charge is 0.378 e. The van der Waals surface area contributed by atoms with Crippen LogP contribution < -0.4 is 16.0 Å². The van der Waals surface area contributed by atoms with Gasteiger partial charge in [0.05, 0.1) is 24.5 Å². The summed E-state index contributed by atoms with van der Waals surface area (Å²) in [6, 6.07) is 0. The maximum Gasteiger partial charge on any atom is 0.255 e. The number of nitrogen functional groups attached to an aromatic ring is 1. The number of ketones is 1. The first-order valence-corrected chi connectivity index (χ1v) is 9.10. The van der Waals surface area contributed by atoms with E-state index in [0.29, 0.717) is 68.5 Å². The first kappa shape index (κ1) is 19.6. The molecule has 148 valence electrons. The van der Waals surface area contributed by atoms with E-state index in [2.05, 4.69) is 25.3 Å². The number of rotatable bonds is 7. The van der Waals surface area contributed by atoms with Crippen LogP contribution in [-0.2, 0) is 9.53 Å². The molecule has 10 heteroatoms. The third-order valence-corrected chi connectivity index (χ3v) is 4.25. The number of amides is 1. The molecule has 28 heavy (non-hydrogen) atoms. The molecule has 2 aromatic rings. The highest BCUT2D eigenvalue weighted by Crippen LogP contribution is 2.23. The molecule has 0 aliphatic carbocycles. The summed E-state index contributed by atoms with van der Waals surface area (Å²) in [5.41, 5.74) is 6.88. The van der Waals surface area contributed by atoms with Crippen LogP contribution in [0.3, 0.4) is 0 Å². The summed E-state index contributed by atoms with van der Waals surface area (Å²) in [6.45, 7) is 4.47. The van der Waals surface area contributed by atoms with E-state index < -0.39 is 0 Å². The first-order valence-electron chi connectivity index (χ1n) is 9.10. The van der Waals surface area contributed by atoms with Crippen LogP contribution in [0.2, 0.25) is 0 Å². The fraction of sp³-hybridized carbons (Fsp3) is 0.444. The summed E-state index contributed by atoms with van der Waals surface area (Å²) in [5, 5.41) is 2.80. The summed E-state index contributed by atoms with van der Waals surface area (Å²) in [7, 11) is 0. The van der Waals surface area contributed by atoms with Crippen molar-refractivity contribution in [2.45, 2.75) is 19.8 Å². The van der Waals surface area contributed by atoms with Gasteiger partial charge in [0.2, 0.25) is 11.9 Å². The Bertz CT molecular complexity index is 836. The van der Waals surface area contributed by atoms with Gasteiger partial charge in [0.25, 0.3) is 5.91 Å². The molecule has 0 bridgehead atoms. The average molecular weight is 385 g/mol. The second-order valence-corrected chi connectivity index (χ2v) is 6.42. The molecule has 0 aromatic carbocycles. The SMILES string of the molecule is CC(=O)CCCNC(=O)c1cnc(N2CCOCC2)nc1-c1cnc(N)nc1. The number of aromatic nitrogens is 4. The number of carbonyl (C=O) groups excluding carboxylic acids is 2. The minimum Gasteiger partial charge on any atom is -0.378 e. The van der Waals surface area contributed by atoms with E-state index >= 15 is 0 Å². The van der Waals surface area contributed by atoms with Crippen LogP contribution >= 0.6 is 0 Å². The molecule has 3 N–H and O–H groups in total. The lowest BCUT2D eigenvalue weighted by Crippen LogP contribution is -2.37. The van der Waals surface area contributed by atoms with E-state index in [4.69, 9.17) is 10.5 Å². The minimum atomic E-state index is -0.316. The van der Waals surface area contributed by atoms with Gasteiger partial charge in [-0.2, -0.15) is 0 Å². The second-order valence-electron chi connectivity index (χ2n) is 6.42. The van der Waals surface area contributed by atoms with Crippen molar-refractivity contribution < 1.29 is 14.3 Å². The van der Waals surface area contributed by atoms with E-state index in [9.17, 15) is 9.59 Å². The van der Waals surface area contributed by atoms with Crippen molar-refractivity contribution >= 4 is 23.6 Å². The summed E-state index contributed by atoms with van der Waals surface area (Å²) >= 11 is 0. The van der Waals surface area contributed by atoms with Gasteiger partial charge in [0.15, 0.2) is 0 Å². The second kappa shape index (κ2) is 9.18. The lowest BCUT2D eigenvalue weighted by atomic mass is 10.1. The van der Waals surface area contributed by atoms with Crippen molar-refractivity contribution in [3.05, 3.63) is 24.2 Å². The van der Waals surface area contributed by atoms with E-state index in [-0.39, 0.29) is 17.6 Å². The summed E-state index contributed by atoms with van der Waals surface area (Å²) in [6.07, 6.45) is 5.56. The molecular formula is C18H23N7O3. The van der Waals surface area contributed by atoms with Crippen LogP contribution in [0.1, 0.15) is 30.1 Å². The van der Waals surface area contributed by atoms with Gasteiger partial charge in [0.1, 0.15) is 5.78 Å². The average Bonchev–Trinajstić information content (AvgIpc) is 2.72. The third-order valence-electron chi connectivity index (χ3n) is 4.25. The molecular weight excluding hydrogens is 362 g/mol. The molecule has 3 heterocycles. The number of ether oxygens (including phenoxy) is 1. The molecule has 1 fully saturated rings. The van der Waals surface area contributed by atoms with Gasteiger partial charge in [0, 0.05) is 50.2 Å². The van der Waals surface area contributed by atoms with Crippen molar-refractivity contribution in [2.75, 3.05) is 43.5 Å². The van der Waals surface area contributed by atoms with Gasteiger partial charge < -0.3 is 25.5 Å². The van der Waals surface area contributed by atoms with Crippen LogP contribution in [0.5, 0.6) is 0 Å². The molecule has 0 spiro atoms. The van der Waals surface area contributed by atoms with Gasteiger partial charge >= 0.3 is 0 Å². The van der Waals surface area contributed by atoms with E-state index in [1.807, 2.05) is 4.90 Å². The van der Waals surface area contributed by atoms with Crippen LogP contribution in [0.4, 0.5) is 11.9 Å². The molecule has 3 rings (SSSR count). The summed E-state index contributed by atoms with van der Waals surface area (Å²) in [4.78, 5) is 42.7.